The minimum Gasteiger partial charge on any atom is -0.507 e. The second kappa shape index (κ2) is 5.27. The minimum absolute atomic E-state index is 0.0196. The van der Waals surface area contributed by atoms with Crippen LogP contribution in [0.25, 0.3) is 5.76 Å². The van der Waals surface area contributed by atoms with Crippen LogP contribution in [0.2, 0.25) is 0 Å². The van der Waals surface area contributed by atoms with E-state index in [1.165, 1.54) is 6.08 Å². The molecule has 0 radical (unpaired) electrons. The summed E-state index contributed by atoms with van der Waals surface area (Å²) in [7, 11) is 1.88. The molecule has 3 heteroatoms. The van der Waals surface area contributed by atoms with Crippen LogP contribution >= 0.6 is 0 Å². The molecule has 90 valence electrons. The molecule has 0 saturated heterocycles. The van der Waals surface area contributed by atoms with Crippen molar-refractivity contribution >= 4 is 11.5 Å². The third kappa shape index (κ3) is 2.83. The largest absolute Gasteiger partial charge is 0.507 e. The Bertz CT molecular complexity index is 571. The van der Waals surface area contributed by atoms with Crippen LogP contribution in [0.1, 0.15) is 15.9 Å². The van der Waals surface area contributed by atoms with Crippen LogP contribution in [0.4, 0.5) is 0 Å². The van der Waals surface area contributed by atoms with Crippen molar-refractivity contribution in [3.05, 3.63) is 72.1 Å². The van der Waals surface area contributed by atoms with Crippen LogP contribution < -0.4 is 4.57 Å². The van der Waals surface area contributed by atoms with Crippen molar-refractivity contribution < 1.29 is 14.5 Å². The van der Waals surface area contributed by atoms with E-state index in [0.717, 1.165) is 0 Å². The molecule has 2 aromatic rings. The number of hydrogen-bond donors (Lipinski definition) is 1. The number of ketones is 1. The molecule has 0 saturated carbocycles. The summed E-state index contributed by atoms with van der Waals surface area (Å²) in [5.41, 5.74) is 1.18. The van der Waals surface area contributed by atoms with E-state index in [1.807, 2.05) is 29.8 Å². The van der Waals surface area contributed by atoms with Crippen LogP contribution in [0.5, 0.6) is 0 Å². The molecule has 0 aliphatic rings. The summed E-state index contributed by atoms with van der Waals surface area (Å²) < 4.78 is 1.84. The quantitative estimate of drug-likeness (QED) is 0.387. The zero-order valence-electron chi connectivity index (χ0n) is 10.1. The van der Waals surface area contributed by atoms with Crippen molar-refractivity contribution in [2.24, 2.45) is 7.05 Å². The highest BCUT2D eigenvalue weighted by molar-refractivity contribution is 6.07. The molecular weight excluding hydrogens is 226 g/mol. The fraction of sp³-hybridized carbons (Fsp3) is 0.0667. The van der Waals surface area contributed by atoms with Gasteiger partial charge in [0.1, 0.15) is 12.8 Å². The third-order valence-corrected chi connectivity index (χ3v) is 2.60. The predicted molar refractivity (Wildman–Crippen MR) is 69.0 cm³/mol. The first-order valence-corrected chi connectivity index (χ1v) is 5.62. The number of aliphatic hydroxyl groups is 1. The lowest BCUT2D eigenvalue weighted by Gasteiger charge is -1.99. The van der Waals surface area contributed by atoms with Crippen molar-refractivity contribution in [2.75, 3.05) is 0 Å². The van der Waals surface area contributed by atoms with E-state index in [1.54, 1.807) is 36.7 Å². The van der Waals surface area contributed by atoms with Crippen LogP contribution in [0.15, 0.2) is 60.9 Å². The fourth-order valence-corrected chi connectivity index (χ4v) is 1.57. The van der Waals surface area contributed by atoms with Crippen molar-refractivity contribution in [3.63, 3.8) is 0 Å². The molecule has 3 nitrogen and oxygen atoms in total. The lowest BCUT2D eigenvalue weighted by molar-refractivity contribution is -0.671. The minimum atomic E-state index is -0.211. The average Bonchev–Trinajstić information content (AvgIpc) is 2.40. The summed E-state index contributed by atoms with van der Waals surface area (Å²) in [6.07, 6.45) is 4.83. The number of allylic oxidation sites excluding steroid dienone is 1. The summed E-state index contributed by atoms with van der Waals surface area (Å²) in [6.45, 7) is 0. The fourth-order valence-electron chi connectivity index (χ4n) is 1.57. The van der Waals surface area contributed by atoms with Gasteiger partial charge in [-0.15, -0.1) is 0 Å². The molecular formula is C15H14NO2+. The number of hydrogen-bond acceptors (Lipinski definition) is 2. The van der Waals surface area contributed by atoms with E-state index in [2.05, 4.69) is 0 Å². The van der Waals surface area contributed by atoms with Gasteiger partial charge in [0.15, 0.2) is 18.2 Å². The molecule has 0 spiro atoms. The Balaban J connectivity index is 2.23. The lowest BCUT2D eigenvalue weighted by atomic mass is 10.1. The first-order chi connectivity index (χ1) is 8.66. The molecule has 1 aromatic carbocycles. The van der Waals surface area contributed by atoms with E-state index in [4.69, 9.17) is 0 Å². The number of carbonyl (C=O) groups excluding carboxylic acids is 1. The Labute approximate surface area is 106 Å². The summed E-state index contributed by atoms with van der Waals surface area (Å²) >= 11 is 0. The maximum absolute atomic E-state index is 11.9. The normalized spacial score (nSPS) is 11.3. The molecule has 0 amide bonds. The van der Waals surface area contributed by atoms with Gasteiger partial charge in [0.25, 0.3) is 0 Å². The summed E-state index contributed by atoms with van der Waals surface area (Å²) in [5.74, 6) is -0.231. The second-order valence-electron chi connectivity index (χ2n) is 4.01. The van der Waals surface area contributed by atoms with Crippen molar-refractivity contribution in [1.82, 2.24) is 0 Å². The Kier molecular flexibility index (Phi) is 3.53. The number of benzene rings is 1. The van der Waals surface area contributed by atoms with Gasteiger partial charge in [0, 0.05) is 29.3 Å². The van der Waals surface area contributed by atoms with E-state index >= 15 is 0 Å². The molecule has 0 fully saturated rings. The zero-order chi connectivity index (χ0) is 13.0. The standard InChI is InChI=1S/C15H13NO2/c1-16-9-7-13(8-10-16)15(18)11-14(17)12-5-3-2-4-6-12/h2-11H,1H3/p+1. The van der Waals surface area contributed by atoms with Crippen molar-refractivity contribution in [3.8, 4) is 0 Å². The van der Waals surface area contributed by atoms with Gasteiger partial charge in [0.2, 0.25) is 0 Å². The maximum Gasteiger partial charge on any atom is 0.189 e. The molecule has 0 atom stereocenters. The SMILES string of the molecule is C[n+]1ccc(C(=O)C=C(O)c2ccccc2)cc1. The summed E-state index contributed by atoms with van der Waals surface area (Å²) in [5, 5.41) is 9.84. The summed E-state index contributed by atoms with van der Waals surface area (Å²) in [6, 6.07) is 12.4. The van der Waals surface area contributed by atoms with E-state index < -0.39 is 0 Å². The molecule has 0 aliphatic carbocycles. The number of carbonyl (C=O) groups is 1. The van der Waals surface area contributed by atoms with Gasteiger partial charge in [-0.25, -0.2) is 4.57 Å². The third-order valence-electron chi connectivity index (χ3n) is 2.60. The highest BCUT2D eigenvalue weighted by atomic mass is 16.3. The van der Waals surface area contributed by atoms with E-state index in [0.29, 0.717) is 11.1 Å². The van der Waals surface area contributed by atoms with Gasteiger partial charge in [-0.2, -0.15) is 0 Å². The van der Waals surface area contributed by atoms with Crippen molar-refractivity contribution in [1.29, 1.82) is 0 Å². The van der Waals surface area contributed by atoms with E-state index in [-0.39, 0.29) is 11.5 Å². The molecule has 1 aromatic heterocycles. The lowest BCUT2D eigenvalue weighted by Crippen LogP contribution is -2.26. The topological polar surface area (TPSA) is 41.2 Å². The zero-order valence-corrected chi connectivity index (χ0v) is 10.1. The molecule has 0 aliphatic heterocycles. The molecule has 0 unspecified atom stereocenters. The smallest absolute Gasteiger partial charge is 0.189 e. The average molecular weight is 240 g/mol. The van der Waals surface area contributed by atoms with Gasteiger partial charge >= 0.3 is 0 Å². The highest BCUT2D eigenvalue weighted by Crippen LogP contribution is 2.11. The van der Waals surface area contributed by atoms with Crippen molar-refractivity contribution in [2.45, 2.75) is 0 Å². The van der Waals surface area contributed by atoms with E-state index in [9.17, 15) is 9.90 Å². The van der Waals surface area contributed by atoms with Crippen LogP contribution in [-0.2, 0) is 7.05 Å². The molecule has 0 bridgehead atoms. The second-order valence-corrected chi connectivity index (χ2v) is 4.01. The first-order valence-electron chi connectivity index (χ1n) is 5.62. The number of aliphatic hydroxyl groups excluding tert-OH is 1. The Hall–Kier alpha value is -2.42. The monoisotopic (exact) mass is 240 g/mol. The van der Waals surface area contributed by atoms with Crippen LogP contribution in [0, 0.1) is 0 Å². The summed E-state index contributed by atoms with van der Waals surface area (Å²) in [4.78, 5) is 11.9. The van der Waals surface area contributed by atoms with Gasteiger partial charge < -0.3 is 5.11 Å². The van der Waals surface area contributed by atoms with Gasteiger partial charge in [0.05, 0.1) is 0 Å². The maximum atomic E-state index is 11.9. The first kappa shape index (κ1) is 12.0. The molecule has 2 rings (SSSR count). The number of aromatic nitrogens is 1. The van der Waals surface area contributed by atoms with Crippen LogP contribution in [-0.4, -0.2) is 10.9 Å². The molecule has 18 heavy (non-hydrogen) atoms. The number of pyridine rings is 1. The van der Waals surface area contributed by atoms with Crippen LogP contribution in [0.3, 0.4) is 0 Å². The van der Waals surface area contributed by atoms with Gasteiger partial charge in [-0.05, 0) is 0 Å². The highest BCUT2D eigenvalue weighted by Gasteiger charge is 2.07. The molecule has 1 N–H and O–H groups in total. The number of nitrogens with zero attached hydrogens (tertiary/aromatic N) is 1. The Morgan fingerprint density at radius 3 is 2.28 bits per heavy atom. The Morgan fingerprint density at radius 2 is 1.67 bits per heavy atom. The number of rotatable bonds is 3. The number of aryl methyl sites for hydroxylation is 1. The Morgan fingerprint density at radius 1 is 1.06 bits per heavy atom. The van der Waals surface area contributed by atoms with Gasteiger partial charge in [-0.1, -0.05) is 30.3 Å². The van der Waals surface area contributed by atoms with Gasteiger partial charge in [-0.3, -0.25) is 4.79 Å². The molecule has 1 heterocycles. The predicted octanol–water partition coefficient (Wildman–Crippen LogP) is 2.29.